The van der Waals surface area contributed by atoms with Crippen molar-refractivity contribution in [1.82, 2.24) is 20.1 Å². The van der Waals surface area contributed by atoms with Gasteiger partial charge in [0, 0.05) is 12.6 Å². The Bertz CT molecular complexity index is 1160. The van der Waals surface area contributed by atoms with E-state index in [1.807, 2.05) is 28.8 Å². The van der Waals surface area contributed by atoms with Crippen LogP contribution in [-0.2, 0) is 11.3 Å². The minimum absolute atomic E-state index is 0.130. The first-order valence-electron chi connectivity index (χ1n) is 10.8. The molecular weight excluding hydrogens is 443 g/mol. The molecule has 1 aliphatic heterocycles. The number of allylic oxidation sites excluding steroid dienone is 1. The summed E-state index contributed by atoms with van der Waals surface area (Å²) in [6.07, 6.45) is 3.24. The van der Waals surface area contributed by atoms with Crippen molar-refractivity contribution < 1.29 is 18.7 Å². The normalized spacial score (nSPS) is 17.9. The predicted molar refractivity (Wildman–Crippen MR) is 122 cm³/mol. The van der Waals surface area contributed by atoms with Gasteiger partial charge >= 0.3 is 0 Å². The lowest BCUT2D eigenvalue weighted by Gasteiger charge is -2.26. The Labute approximate surface area is 195 Å². The van der Waals surface area contributed by atoms with Gasteiger partial charge in [0.1, 0.15) is 17.7 Å². The molecule has 33 heavy (non-hydrogen) atoms. The number of para-hydroxylation sites is 2. The molecule has 1 fully saturated rings. The highest BCUT2D eigenvalue weighted by Gasteiger charge is 2.33. The smallest absolute Gasteiger partial charge is 0.238 e. The van der Waals surface area contributed by atoms with Gasteiger partial charge < -0.3 is 14.8 Å². The molecule has 7 nitrogen and oxygen atoms in total. The molecule has 1 N–H and O–H groups in total. The quantitative estimate of drug-likeness (QED) is 0.396. The van der Waals surface area contributed by atoms with Crippen molar-refractivity contribution >= 4 is 17.7 Å². The predicted octanol–water partition coefficient (Wildman–Crippen LogP) is 4.23. The maximum absolute atomic E-state index is 13.5. The van der Waals surface area contributed by atoms with Gasteiger partial charge in [0.25, 0.3) is 0 Å². The van der Waals surface area contributed by atoms with Crippen LogP contribution in [0.5, 0.6) is 11.5 Å². The van der Waals surface area contributed by atoms with Gasteiger partial charge in [-0.05, 0) is 42.7 Å². The Morgan fingerprint density at radius 2 is 1.97 bits per heavy atom. The number of ether oxygens (including phenoxy) is 2. The van der Waals surface area contributed by atoms with Crippen molar-refractivity contribution in [3.8, 4) is 11.5 Å². The molecule has 0 spiro atoms. The van der Waals surface area contributed by atoms with Gasteiger partial charge in [0.05, 0.1) is 0 Å². The number of halogens is 1. The van der Waals surface area contributed by atoms with Gasteiger partial charge in [-0.1, -0.05) is 42.1 Å². The lowest BCUT2D eigenvalue weighted by molar-refractivity contribution is -0.120. The fourth-order valence-electron chi connectivity index (χ4n) is 3.59. The Morgan fingerprint density at radius 1 is 1.21 bits per heavy atom. The Kier molecular flexibility index (Phi) is 6.04. The van der Waals surface area contributed by atoms with E-state index in [4.69, 9.17) is 9.47 Å². The van der Waals surface area contributed by atoms with Crippen LogP contribution in [0.4, 0.5) is 4.39 Å². The summed E-state index contributed by atoms with van der Waals surface area (Å²) >= 11 is 1.27. The molecule has 5 rings (SSSR count). The van der Waals surface area contributed by atoms with Gasteiger partial charge in [-0.25, -0.2) is 4.39 Å². The van der Waals surface area contributed by atoms with E-state index in [1.54, 1.807) is 18.2 Å². The number of aromatic nitrogens is 3. The molecule has 1 aromatic heterocycles. The third kappa shape index (κ3) is 4.73. The standard InChI is InChI=1S/C24H23FN4O3S/c1-2-13-29-22(20-14-31-18-5-3-4-6-19(18)32-20)27-28-24(29)33-21(23(30)26-17-11-12-17)15-7-9-16(25)10-8-15/h2-10,17,20-21H,1,11-14H2,(H,26,30). The molecule has 3 aromatic rings. The van der Waals surface area contributed by atoms with Crippen molar-refractivity contribution in [2.24, 2.45) is 0 Å². The number of fused-ring (bicyclic) bond motifs is 1. The van der Waals surface area contributed by atoms with E-state index >= 15 is 0 Å². The zero-order valence-corrected chi connectivity index (χ0v) is 18.6. The molecule has 2 aromatic carbocycles. The first-order valence-corrected chi connectivity index (χ1v) is 11.7. The second-order valence-corrected chi connectivity index (χ2v) is 9.01. The maximum atomic E-state index is 13.5. The van der Waals surface area contributed by atoms with E-state index in [1.165, 1.54) is 23.9 Å². The summed E-state index contributed by atoms with van der Waals surface area (Å²) in [6, 6.07) is 13.6. The number of carbonyl (C=O) groups excluding carboxylic acids is 1. The molecule has 2 atom stereocenters. The minimum atomic E-state index is -0.601. The summed E-state index contributed by atoms with van der Waals surface area (Å²) in [5.41, 5.74) is 0.695. The number of benzene rings is 2. The largest absolute Gasteiger partial charge is 0.485 e. The highest BCUT2D eigenvalue weighted by molar-refractivity contribution is 8.00. The SMILES string of the molecule is C=CCn1c(SC(C(=O)NC2CC2)c2ccc(F)cc2)nnc1C1COc2ccccc2O1. The van der Waals surface area contributed by atoms with Crippen LogP contribution in [0.25, 0.3) is 0 Å². The van der Waals surface area contributed by atoms with Crippen LogP contribution in [-0.4, -0.2) is 33.3 Å². The van der Waals surface area contributed by atoms with Gasteiger partial charge in [-0.3, -0.25) is 9.36 Å². The van der Waals surface area contributed by atoms with Crippen LogP contribution < -0.4 is 14.8 Å². The number of nitrogens with one attached hydrogen (secondary N) is 1. The molecule has 2 unspecified atom stereocenters. The second-order valence-electron chi connectivity index (χ2n) is 7.94. The molecule has 0 bridgehead atoms. The van der Waals surface area contributed by atoms with Crippen LogP contribution in [0.2, 0.25) is 0 Å². The molecule has 0 radical (unpaired) electrons. The first-order chi connectivity index (χ1) is 16.1. The molecular formula is C24H23FN4O3S. The van der Waals surface area contributed by atoms with Crippen LogP contribution in [0, 0.1) is 5.82 Å². The third-order valence-electron chi connectivity index (χ3n) is 5.41. The first kappa shape index (κ1) is 21.5. The fraction of sp³-hybridized carbons (Fsp3) is 0.292. The topological polar surface area (TPSA) is 78.3 Å². The number of amides is 1. The van der Waals surface area contributed by atoms with Gasteiger partial charge in [-0.2, -0.15) is 0 Å². The summed E-state index contributed by atoms with van der Waals surface area (Å²) in [4.78, 5) is 13.1. The molecule has 1 saturated carbocycles. The number of rotatable bonds is 8. The molecule has 1 amide bonds. The Balaban J connectivity index is 1.43. The minimum Gasteiger partial charge on any atom is -0.485 e. The van der Waals surface area contributed by atoms with Crippen LogP contribution in [0.15, 0.2) is 66.3 Å². The van der Waals surface area contributed by atoms with Crippen molar-refractivity contribution in [2.45, 2.75) is 41.9 Å². The fourth-order valence-corrected chi connectivity index (χ4v) is 4.66. The van der Waals surface area contributed by atoms with Crippen LogP contribution >= 0.6 is 11.8 Å². The van der Waals surface area contributed by atoms with E-state index in [0.29, 0.717) is 41.2 Å². The highest BCUT2D eigenvalue weighted by atomic mass is 32.2. The van der Waals surface area contributed by atoms with Crippen molar-refractivity contribution in [2.75, 3.05) is 6.61 Å². The number of hydrogen-bond acceptors (Lipinski definition) is 6. The zero-order valence-electron chi connectivity index (χ0n) is 17.8. The lowest BCUT2D eigenvalue weighted by atomic mass is 10.1. The summed E-state index contributed by atoms with van der Waals surface area (Å²) < 4.78 is 27.3. The number of carbonyl (C=O) groups is 1. The average molecular weight is 467 g/mol. The molecule has 2 heterocycles. The second kappa shape index (κ2) is 9.27. The maximum Gasteiger partial charge on any atom is 0.238 e. The van der Waals surface area contributed by atoms with E-state index in [0.717, 1.165) is 12.8 Å². The van der Waals surface area contributed by atoms with Crippen molar-refractivity contribution in [3.63, 3.8) is 0 Å². The Hall–Kier alpha value is -3.33. The molecule has 170 valence electrons. The van der Waals surface area contributed by atoms with E-state index in [-0.39, 0.29) is 17.8 Å². The Morgan fingerprint density at radius 3 is 2.70 bits per heavy atom. The third-order valence-corrected chi connectivity index (χ3v) is 6.65. The molecule has 2 aliphatic rings. The van der Waals surface area contributed by atoms with Crippen LogP contribution in [0.3, 0.4) is 0 Å². The number of thioether (sulfide) groups is 1. The van der Waals surface area contributed by atoms with Crippen LogP contribution in [0.1, 0.15) is 35.6 Å². The van der Waals surface area contributed by atoms with Crippen molar-refractivity contribution in [1.29, 1.82) is 0 Å². The van der Waals surface area contributed by atoms with E-state index in [9.17, 15) is 9.18 Å². The summed E-state index contributed by atoms with van der Waals surface area (Å²) in [5.74, 6) is 1.44. The number of nitrogens with zero attached hydrogens (tertiary/aromatic N) is 3. The van der Waals surface area contributed by atoms with Crippen molar-refractivity contribution in [3.05, 3.63) is 78.4 Å². The van der Waals surface area contributed by atoms with Gasteiger partial charge in [-0.15, -0.1) is 16.8 Å². The highest BCUT2D eigenvalue weighted by Crippen LogP contribution is 2.39. The molecule has 0 saturated heterocycles. The van der Waals surface area contributed by atoms with E-state index in [2.05, 4.69) is 22.1 Å². The summed E-state index contributed by atoms with van der Waals surface area (Å²) in [7, 11) is 0. The summed E-state index contributed by atoms with van der Waals surface area (Å²) in [5, 5.41) is 11.7. The molecule has 1 aliphatic carbocycles. The number of hydrogen-bond donors (Lipinski definition) is 1. The monoisotopic (exact) mass is 466 g/mol. The average Bonchev–Trinajstić information content (AvgIpc) is 3.56. The van der Waals surface area contributed by atoms with Gasteiger partial charge in [0.2, 0.25) is 5.91 Å². The lowest BCUT2D eigenvalue weighted by Crippen LogP contribution is -2.30. The van der Waals surface area contributed by atoms with Gasteiger partial charge in [0.15, 0.2) is 28.6 Å². The zero-order chi connectivity index (χ0) is 22.8. The summed E-state index contributed by atoms with van der Waals surface area (Å²) in [6.45, 7) is 4.58. The van der Waals surface area contributed by atoms with E-state index < -0.39 is 11.4 Å². The molecule has 9 heteroatoms.